The van der Waals surface area contributed by atoms with Crippen LogP contribution in [-0.2, 0) is 9.53 Å². The summed E-state index contributed by atoms with van der Waals surface area (Å²) in [7, 11) is 0. The van der Waals surface area contributed by atoms with Crippen molar-refractivity contribution in [1.82, 2.24) is 0 Å². The number of benzene rings is 3. The molecule has 0 aliphatic rings. The second kappa shape index (κ2) is 10.3. The molecule has 3 aromatic rings. The van der Waals surface area contributed by atoms with Crippen LogP contribution in [0.4, 0.5) is 5.69 Å². The zero-order chi connectivity index (χ0) is 21.3. The summed E-state index contributed by atoms with van der Waals surface area (Å²) in [5.41, 5.74) is 2.16. The molecule has 0 spiro atoms. The van der Waals surface area contributed by atoms with Crippen molar-refractivity contribution in [2.24, 2.45) is 0 Å². The normalized spacial score (nSPS) is 11.4. The molecule has 0 heterocycles. The molecule has 3 rings (SSSR count). The molecule has 0 saturated carbocycles. The second-order valence-electron chi connectivity index (χ2n) is 6.96. The molecule has 0 aliphatic carbocycles. The molecule has 1 N–H and O–H groups in total. The Kier molecular flexibility index (Phi) is 7.22. The number of ether oxygens (including phenoxy) is 2. The topological polar surface area (TPSA) is 64.6 Å². The van der Waals surface area contributed by atoms with E-state index in [0.29, 0.717) is 23.0 Å². The zero-order valence-corrected chi connectivity index (χ0v) is 17.1. The van der Waals surface area contributed by atoms with Gasteiger partial charge < -0.3 is 14.8 Å². The summed E-state index contributed by atoms with van der Waals surface area (Å²) in [6.45, 7) is 3.85. The van der Waals surface area contributed by atoms with Crippen LogP contribution in [0.5, 0.6) is 11.5 Å². The first-order chi connectivity index (χ1) is 14.6. The molecule has 1 atom stereocenters. The Morgan fingerprint density at radius 2 is 1.50 bits per heavy atom. The fourth-order valence-electron chi connectivity index (χ4n) is 2.94. The van der Waals surface area contributed by atoms with Gasteiger partial charge in [0.05, 0.1) is 5.56 Å². The largest absolute Gasteiger partial charge is 0.457 e. The number of hydrogen-bond donors (Lipinski definition) is 1. The minimum Gasteiger partial charge on any atom is -0.457 e. The number of hydrogen-bond acceptors (Lipinski definition) is 4. The molecule has 0 fully saturated rings. The van der Waals surface area contributed by atoms with Crippen molar-refractivity contribution in [3.05, 3.63) is 90.0 Å². The molecule has 0 aromatic heterocycles. The minimum absolute atomic E-state index is 0.320. The van der Waals surface area contributed by atoms with Crippen molar-refractivity contribution in [2.75, 3.05) is 11.9 Å². The number of anilines is 1. The van der Waals surface area contributed by atoms with Crippen LogP contribution in [0.15, 0.2) is 78.9 Å². The molecule has 5 nitrogen and oxygen atoms in total. The predicted molar refractivity (Wildman–Crippen MR) is 117 cm³/mol. The number of rotatable bonds is 8. The summed E-state index contributed by atoms with van der Waals surface area (Å²) in [4.78, 5) is 24.5. The Morgan fingerprint density at radius 3 is 2.20 bits per heavy atom. The average molecular weight is 403 g/mol. The Bertz CT molecular complexity index is 984. The first-order valence-electron chi connectivity index (χ1n) is 9.95. The minimum atomic E-state index is -0.563. The first kappa shape index (κ1) is 21.1. The lowest BCUT2D eigenvalue weighted by Gasteiger charge is -2.15. The highest BCUT2D eigenvalue weighted by Gasteiger charge is 2.14. The lowest BCUT2D eigenvalue weighted by Crippen LogP contribution is -2.21. The van der Waals surface area contributed by atoms with Gasteiger partial charge in [-0.3, -0.25) is 4.79 Å². The van der Waals surface area contributed by atoms with E-state index in [9.17, 15) is 9.59 Å². The standard InChI is InChI=1S/C25H25NO4/c1-3-18(2)22-11-7-8-12-23(22)26-24(27)17-29-25(28)19-13-15-21(16-14-19)30-20-9-5-4-6-10-20/h4-16,18H,3,17H2,1-2H3,(H,26,27)/t18-/m0/s1. The van der Waals surface area contributed by atoms with Gasteiger partial charge in [0, 0.05) is 5.69 Å². The van der Waals surface area contributed by atoms with E-state index >= 15 is 0 Å². The maximum atomic E-state index is 12.3. The monoisotopic (exact) mass is 403 g/mol. The number of carbonyl (C=O) groups excluding carboxylic acids is 2. The Morgan fingerprint density at radius 1 is 0.867 bits per heavy atom. The van der Waals surface area contributed by atoms with Gasteiger partial charge in [0.25, 0.3) is 5.91 Å². The molecule has 0 radical (unpaired) electrons. The van der Waals surface area contributed by atoms with E-state index in [1.807, 2.05) is 54.6 Å². The maximum absolute atomic E-state index is 12.3. The molecule has 154 valence electrons. The van der Waals surface area contributed by atoms with Crippen LogP contribution in [-0.4, -0.2) is 18.5 Å². The van der Waals surface area contributed by atoms with Crippen molar-refractivity contribution in [3.8, 4) is 11.5 Å². The van der Waals surface area contributed by atoms with Gasteiger partial charge in [-0.25, -0.2) is 4.79 Å². The summed E-state index contributed by atoms with van der Waals surface area (Å²) in [6.07, 6.45) is 0.964. The van der Waals surface area contributed by atoms with Crippen LogP contribution in [0.25, 0.3) is 0 Å². The number of esters is 1. The van der Waals surface area contributed by atoms with Gasteiger partial charge >= 0.3 is 5.97 Å². The van der Waals surface area contributed by atoms with E-state index < -0.39 is 5.97 Å². The van der Waals surface area contributed by atoms with Gasteiger partial charge in [-0.05, 0) is 60.4 Å². The third-order valence-electron chi connectivity index (χ3n) is 4.78. The van der Waals surface area contributed by atoms with Crippen molar-refractivity contribution in [1.29, 1.82) is 0 Å². The number of amides is 1. The van der Waals surface area contributed by atoms with Gasteiger partial charge in [0.15, 0.2) is 6.61 Å². The average Bonchev–Trinajstić information content (AvgIpc) is 2.78. The molecular weight excluding hydrogens is 378 g/mol. The lowest BCUT2D eigenvalue weighted by molar-refractivity contribution is -0.119. The highest BCUT2D eigenvalue weighted by Crippen LogP contribution is 2.26. The van der Waals surface area contributed by atoms with Gasteiger partial charge in [-0.1, -0.05) is 50.2 Å². The molecule has 1 amide bonds. The van der Waals surface area contributed by atoms with Gasteiger partial charge in [0.2, 0.25) is 0 Å². The van der Waals surface area contributed by atoms with E-state index in [-0.39, 0.29) is 12.5 Å². The van der Waals surface area contributed by atoms with Crippen LogP contribution in [0.1, 0.15) is 42.1 Å². The molecular formula is C25H25NO4. The maximum Gasteiger partial charge on any atom is 0.338 e. The third-order valence-corrected chi connectivity index (χ3v) is 4.78. The number of carbonyl (C=O) groups is 2. The molecule has 0 aliphatic heterocycles. The summed E-state index contributed by atoms with van der Waals surface area (Å²) in [6, 6.07) is 23.6. The molecule has 0 unspecified atom stereocenters. The van der Waals surface area contributed by atoms with Crippen molar-refractivity contribution in [2.45, 2.75) is 26.2 Å². The fraction of sp³-hybridized carbons (Fsp3) is 0.200. The Hall–Kier alpha value is -3.60. The first-order valence-corrected chi connectivity index (χ1v) is 9.95. The smallest absolute Gasteiger partial charge is 0.338 e. The summed E-state index contributed by atoms with van der Waals surface area (Å²) in [5.74, 6) is 0.703. The van der Waals surface area contributed by atoms with Crippen LogP contribution in [0.2, 0.25) is 0 Å². The molecule has 3 aromatic carbocycles. The Labute approximate surface area is 176 Å². The van der Waals surface area contributed by atoms with Gasteiger partial charge in [-0.2, -0.15) is 0 Å². The van der Waals surface area contributed by atoms with E-state index in [2.05, 4.69) is 19.2 Å². The van der Waals surface area contributed by atoms with Crippen molar-refractivity contribution >= 4 is 17.6 Å². The van der Waals surface area contributed by atoms with Gasteiger partial charge in [-0.15, -0.1) is 0 Å². The van der Waals surface area contributed by atoms with E-state index in [0.717, 1.165) is 17.7 Å². The van der Waals surface area contributed by atoms with Gasteiger partial charge in [0.1, 0.15) is 11.5 Å². The lowest BCUT2D eigenvalue weighted by atomic mass is 9.97. The summed E-state index contributed by atoms with van der Waals surface area (Å²) < 4.78 is 10.9. The summed E-state index contributed by atoms with van der Waals surface area (Å²) in [5, 5.41) is 2.83. The third kappa shape index (κ3) is 5.70. The van der Waals surface area contributed by atoms with Crippen LogP contribution in [0.3, 0.4) is 0 Å². The van der Waals surface area contributed by atoms with Crippen molar-refractivity contribution in [3.63, 3.8) is 0 Å². The van der Waals surface area contributed by atoms with Crippen LogP contribution in [0, 0.1) is 0 Å². The predicted octanol–water partition coefficient (Wildman–Crippen LogP) is 5.79. The second-order valence-corrected chi connectivity index (χ2v) is 6.96. The van der Waals surface area contributed by atoms with E-state index in [4.69, 9.17) is 9.47 Å². The molecule has 0 saturated heterocycles. The molecule has 30 heavy (non-hydrogen) atoms. The quantitative estimate of drug-likeness (QED) is 0.484. The zero-order valence-electron chi connectivity index (χ0n) is 17.1. The van der Waals surface area contributed by atoms with E-state index in [1.54, 1.807) is 24.3 Å². The summed E-state index contributed by atoms with van der Waals surface area (Å²) >= 11 is 0. The molecule has 5 heteroatoms. The number of nitrogens with one attached hydrogen (secondary N) is 1. The highest BCUT2D eigenvalue weighted by molar-refractivity contribution is 5.96. The number of para-hydroxylation sites is 2. The molecule has 0 bridgehead atoms. The van der Waals surface area contributed by atoms with E-state index in [1.165, 1.54) is 0 Å². The van der Waals surface area contributed by atoms with Crippen LogP contribution < -0.4 is 10.1 Å². The van der Waals surface area contributed by atoms with Crippen LogP contribution >= 0.6 is 0 Å². The van der Waals surface area contributed by atoms with Crippen molar-refractivity contribution < 1.29 is 19.1 Å². The fourth-order valence-corrected chi connectivity index (χ4v) is 2.94. The SMILES string of the molecule is CC[C@H](C)c1ccccc1NC(=O)COC(=O)c1ccc(Oc2ccccc2)cc1. The highest BCUT2D eigenvalue weighted by atomic mass is 16.5. The Balaban J connectivity index is 1.53.